The molecule has 2 aromatic carbocycles. The number of nitrogens with one attached hydrogen (secondary N) is 1. The van der Waals surface area contributed by atoms with Gasteiger partial charge in [0.25, 0.3) is 16.0 Å². The van der Waals surface area contributed by atoms with Crippen LogP contribution in [-0.2, 0) is 10.1 Å². The summed E-state index contributed by atoms with van der Waals surface area (Å²) in [5.74, 6) is 0.168. The lowest BCUT2D eigenvalue weighted by atomic mass is 10.2. The van der Waals surface area contributed by atoms with E-state index in [0.717, 1.165) is 0 Å². The van der Waals surface area contributed by atoms with Crippen LogP contribution < -0.4 is 10.1 Å². The maximum absolute atomic E-state index is 11.9. The zero-order chi connectivity index (χ0) is 16.0. The second kappa shape index (κ2) is 7.06. The molecule has 2 aromatic rings. The average molecular weight is 321 g/mol. The smallest absolute Gasteiger partial charge is 0.266 e. The molecule has 0 saturated carbocycles. The highest BCUT2D eigenvalue weighted by atomic mass is 32.2. The molecule has 0 fully saturated rings. The average Bonchev–Trinajstić information content (AvgIpc) is 2.47. The second-order valence-electron chi connectivity index (χ2n) is 4.48. The molecule has 116 valence electrons. The van der Waals surface area contributed by atoms with Gasteiger partial charge in [-0.05, 0) is 30.3 Å². The van der Waals surface area contributed by atoms with Gasteiger partial charge in [-0.2, -0.15) is 8.42 Å². The molecule has 0 spiro atoms. The van der Waals surface area contributed by atoms with E-state index in [1.807, 2.05) is 18.2 Å². The van der Waals surface area contributed by atoms with Gasteiger partial charge in [-0.1, -0.05) is 24.3 Å². The predicted molar refractivity (Wildman–Crippen MR) is 81.7 cm³/mol. The van der Waals surface area contributed by atoms with Gasteiger partial charge in [0.2, 0.25) is 0 Å². The third-order valence-electron chi connectivity index (χ3n) is 2.72. The Labute approximate surface area is 128 Å². The Balaban J connectivity index is 2.00. The minimum atomic E-state index is -4.09. The summed E-state index contributed by atoms with van der Waals surface area (Å²) in [5, 5.41) is 2.41. The number of carbonyl (C=O) groups is 1. The van der Waals surface area contributed by atoms with Crippen LogP contribution in [0.5, 0.6) is 11.5 Å². The number of benzene rings is 2. The van der Waals surface area contributed by atoms with Crippen molar-refractivity contribution in [2.45, 2.75) is 0 Å². The minimum Gasteiger partial charge on any atom is -0.457 e. The number of rotatable bonds is 6. The van der Waals surface area contributed by atoms with Crippen LogP contribution in [0, 0.1) is 0 Å². The summed E-state index contributed by atoms with van der Waals surface area (Å²) in [5.41, 5.74) is 0.337. The highest BCUT2D eigenvalue weighted by molar-refractivity contribution is 7.85. The molecule has 1 amide bonds. The van der Waals surface area contributed by atoms with Crippen LogP contribution in [-0.4, -0.2) is 31.2 Å². The Morgan fingerprint density at radius 2 is 1.73 bits per heavy atom. The highest BCUT2D eigenvalue weighted by Crippen LogP contribution is 2.21. The Hall–Kier alpha value is -2.38. The molecule has 0 heterocycles. The Bertz CT molecular complexity index is 744. The van der Waals surface area contributed by atoms with E-state index < -0.39 is 21.8 Å². The van der Waals surface area contributed by atoms with Crippen molar-refractivity contribution in [3.05, 3.63) is 60.2 Å². The van der Waals surface area contributed by atoms with Gasteiger partial charge in [0, 0.05) is 12.1 Å². The summed E-state index contributed by atoms with van der Waals surface area (Å²) in [6.07, 6.45) is 0. The molecule has 0 radical (unpaired) electrons. The second-order valence-corrected chi connectivity index (χ2v) is 6.06. The fraction of sp³-hybridized carbons (Fsp3) is 0.133. The number of para-hydroxylation sites is 1. The molecule has 2 N–H and O–H groups in total. The van der Waals surface area contributed by atoms with E-state index >= 15 is 0 Å². The Morgan fingerprint density at radius 1 is 1.05 bits per heavy atom. The van der Waals surface area contributed by atoms with Gasteiger partial charge in [0.05, 0.1) is 5.75 Å². The molecule has 0 aliphatic heterocycles. The minimum absolute atomic E-state index is 0.165. The Morgan fingerprint density at radius 3 is 2.41 bits per heavy atom. The Kier molecular flexibility index (Phi) is 5.13. The topological polar surface area (TPSA) is 92.7 Å². The first-order valence-corrected chi connectivity index (χ1v) is 8.11. The first-order valence-electron chi connectivity index (χ1n) is 6.50. The lowest BCUT2D eigenvalue weighted by molar-refractivity contribution is 0.0956. The highest BCUT2D eigenvalue weighted by Gasteiger charge is 2.09. The van der Waals surface area contributed by atoms with Crippen molar-refractivity contribution in [1.29, 1.82) is 0 Å². The molecule has 6 nitrogen and oxygen atoms in total. The van der Waals surface area contributed by atoms with E-state index in [0.29, 0.717) is 17.1 Å². The molecule has 0 unspecified atom stereocenters. The normalized spacial score (nSPS) is 11.0. The first-order chi connectivity index (χ1) is 10.4. The van der Waals surface area contributed by atoms with Crippen molar-refractivity contribution < 1.29 is 22.5 Å². The quantitative estimate of drug-likeness (QED) is 0.795. The summed E-state index contributed by atoms with van der Waals surface area (Å²) in [7, 11) is -4.09. The summed E-state index contributed by atoms with van der Waals surface area (Å²) in [4.78, 5) is 11.9. The summed E-state index contributed by atoms with van der Waals surface area (Å²) in [6, 6.07) is 15.6. The molecule has 0 saturated heterocycles. The van der Waals surface area contributed by atoms with Gasteiger partial charge in [0.15, 0.2) is 0 Å². The summed E-state index contributed by atoms with van der Waals surface area (Å²) >= 11 is 0. The molecule has 22 heavy (non-hydrogen) atoms. The van der Waals surface area contributed by atoms with Crippen LogP contribution in [0.2, 0.25) is 0 Å². The van der Waals surface area contributed by atoms with Gasteiger partial charge < -0.3 is 10.1 Å². The van der Waals surface area contributed by atoms with E-state index in [2.05, 4.69) is 5.32 Å². The molecule has 2 rings (SSSR count). The van der Waals surface area contributed by atoms with E-state index in [4.69, 9.17) is 9.29 Å². The zero-order valence-electron chi connectivity index (χ0n) is 11.6. The van der Waals surface area contributed by atoms with Crippen molar-refractivity contribution in [1.82, 2.24) is 5.32 Å². The molecule has 7 heteroatoms. The SMILES string of the molecule is O=C(NCCS(=O)(=O)O)c1cccc(Oc2ccccc2)c1. The molecule has 0 aliphatic rings. The monoisotopic (exact) mass is 321 g/mol. The van der Waals surface area contributed by atoms with Gasteiger partial charge >= 0.3 is 0 Å². The molecular weight excluding hydrogens is 306 g/mol. The number of hydrogen-bond donors (Lipinski definition) is 2. The van der Waals surface area contributed by atoms with Crippen LogP contribution in [0.15, 0.2) is 54.6 Å². The lowest BCUT2D eigenvalue weighted by Crippen LogP contribution is -2.28. The van der Waals surface area contributed by atoms with E-state index in [-0.39, 0.29) is 6.54 Å². The fourth-order valence-electron chi connectivity index (χ4n) is 1.72. The van der Waals surface area contributed by atoms with Crippen molar-refractivity contribution in [3.63, 3.8) is 0 Å². The molecule has 0 aliphatic carbocycles. The van der Waals surface area contributed by atoms with Crippen molar-refractivity contribution in [2.75, 3.05) is 12.3 Å². The first kappa shape index (κ1) is 16.0. The van der Waals surface area contributed by atoms with Gasteiger partial charge in [0.1, 0.15) is 11.5 Å². The van der Waals surface area contributed by atoms with Gasteiger partial charge in [-0.25, -0.2) is 0 Å². The van der Waals surface area contributed by atoms with Crippen molar-refractivity contribution in [3.8, 4) is 11.5 Å². The third-order valence-corrected chi connectivity index (χ3v) is 3.44. The maximum Gasteiger partial charge on any atom is 0.266 e. The van der Waals surface area contributed by atoms with Crippen LogP contribution in [0.1, 0.15) is 10.4 Å². The zero-order valence-corrected chi connectivity index (χ0v) is 12.4. The summed E-state index contributed by atoms with van der Waals surface area (Å²) < 4.78 is 35.4. The number of ether oxygens (including phenoxy) is 1. The fourth-order valence-corrected chi connectivity index (χ4v) is 2.08. The number of amides is 1. The van der Waals surface area contributed by atoms with Crippen LogP contribution in [0.4, 0.5) is 0 Å². The number of hydrogen-bond acceptors (Lipinski definition) is 4. The van der Waals surface area contributed by atoms with Crippen LogP contribution in [0.3, 0.4) is 0 Å². The van der Waals surface area contributed by atoms with Crippen molar-refractivity contribution >= 4 is 16.0 Å². The number of carbonyl (C=O) groups excluding carboxylic acids is 1. The largest absolute Gasteiger partial charge is 0.457 e. The molecule has 0 atom stereocenters. The third kappa shape index (κ3) is 5.19. The molecule has 0 aromatic heterocycles. The van der Waals surface area contributed by atoms with E-state index in [1.165, 1.54) is 0 Å². The maximum atomic E-state index is 11.9. The lowest BCUT2D eigenvalue weighted by Gasteiger charge is -2.08. The van der Waals surface area contributed by atoms with Gasteiger partial charge in [-0.15, -0.1) is 0 Å². The predicted octanol–water partition coefficient (Wildman–Crippen LogP) is 2.10. The van der Waals surface area contributed by atoms with Crippen LogP contribution in [0.25, 0.3) is 0 Å². The standard InChI is InChI=1S/C15H15NO5S/c17-15(16-9-10-22(18,19)20)12-5-4-8-14(11-12)21-13-6-2-1-3-7-13/h1-8,11H,9-10H2,(H,16,17)(H,18,19,20). The molecular formula is C15H15NO5S. The van der Waals surface area contributed by atoms with Crippen molar-refractivity contribution in [2.24, 2.45) is 0 Å². The molecule has 0 bridgehead atoms. The summed E-state index contributed by atoms with van der Waals surface area (Å²) in [6.45, 7) is -0.165. The van der Waals surface area contributed by atoms with E-state index in [9.17, 15) is 13.2 Å². The van der Waals surface area contributed by atoms with E-state index in [1.54, 1.807) is 36.4 Å². The van der Waals surface area contributed by atoms with Gasteiger partial charge in [-0.3, -0.25) is 9.35 Å². The van der Waals surface area contributed by atoms with Crippen LogP contribution >= 0.6 is 0 Å².